The second-order valence-electron chi connectivity index (χ2n) is 6.79. The van der Waals surface area contributed by atoms with E-state index in [0.29, 0.717) is 5.56 Å². The molecule has 0 unspecified atom stereocenters. The third-order valence-electron chi connectivity index (χ3n) is 4.79. The van der Waals surface area contributed by atoms with Gasteiger partial charge in [-0.3, -0.25) is 14.7 Å². The number of nitrogens with zero attached hydrogens (tertiary/aromatic N) is 2. The van der Waals surface area contributed by atoms with Crippen LogP contribution in [0.25, 0.3) is 0 Å². The van der Waals surface area contributed by atoms with E-state index in [1.54, 1.807) is 12.3 Å². The molecule has 144 valence electrons. The highest BCUT2D eigenvalue weighted by Crippen LogP contribution is 2.29. The van der Waals surface area contributed by atoms with Gasteiger partial charge in [-0.2, -0.15) is 13.2 Å². The summed E-state index contributed by atoms with van der Waals surface area (Å²) >= 11 is 0. The lowest BCUT2D eigenvalue weighted by Gasteiger charge is -2.31. The van der Waals surface area contributed by atoms with Gasteiger partial charge < -0.3 is 5.32 Å². The maximum absolute atomic E-state index is 12.8. The number of piperidine rings is 1. The molecule has 2 heterocycles. The molecule has 1 aliphatic heterocycles. The van der Waals surface area contributed by atoms with E-state index in [4.69, 9.17) is 0 Å². The minimum Gasteiger partial charge on any atom is -0.352 e. The fraction of sp³-hybridized carbons (Fsp3) is 0.400. The molecule has 1 aromatic heterocycles. The standard InChI is InChI=1S/C20H22F3N3O/c21-20(22,23)17-5-3-4-15(12-17)13-25-19(27)16-7-10-26(11-8-16)14-18-6-1-2-9-24-18/h1-6,9,12,16H,7-8,10-11,13-14H2,(H,25,27). The van der Waals surface area contributed by atoms with Crippen LogP contribution in [-0.2, 0) is 24.1 Å². The van der Waals surface area contributed by atoms with E-state index >= 15 is 0 Å². The fourth-order valence-electron chi connectivity index (χ4n) is 3.27. The molecule has 1 aliphatic rings. The Morgan fingerprint density at radius 1 is 1.15 bits per heavy atom. The first-order valence-electron chi connectivity index (χ1n) is 8.98. The third kappa shape index (κ3) is 5.53. The monoisotopic (exact) mass is 377 g/mol. The van der Waals surface area contributed by atoms with Crippen LogP contribution >= 0.6 is 0 Å². The Morgan fingerprint density at radius 2 is 1.93 bits per heavy atom. The van der Waals surface area contributed by atoms with Crippen molar-refractivity contribution in [2.24, 2.45) is 5.92 Å². The van der Waals surface area contributed by atoms with Crippen LogP contribution in [0.5, 0.6) is 0 Å². The Kier molecular flexibility index (Phi) is 6.11. The summed E-state index contributed by atoms with van der Waals surface area (Å²) in [5.74, 6) is -0.194. The predicted molar refractivity (Wildman–Crippen MR) is 95.5 cm³/mol. The minimum absolute atomic E-state index is 0.0927. The van der Waals surface area contributed by atoms with Crippen molar-refractivity contribution < 1.29 is 18.0 Å². The van der Waals surface area contributed by atoms with Crippen LogP contribution in [0.15, 0.2) is 48.7 Å². The van der Waals surface area contributed by atoms with Crippen LogP contribution in [0.2, 0.25) is 0 Å². The van der Waals surface area contributed by atoms with Crippen LogP contribution < -0.4 is 5.32 Å². The van der Waals surface area contributed by atoms with E-state index in [9.17, 15) is 18.0 Å². The van der Waals surface area contributed by atoms with E-state index < -0.39 is 11.7 Å². The van der Waals surface area contributed by atoms with E-state index in [-0.39, 0.29) is 18.4 Å². The van der Waals surface area contributed by atoms with Gasteiger partial charge in [0.25, 0.3) is 0 Å². The molecule has 2 aromatic rings. The quantitative estimate of drug-likeness (QED) is 0.866. The number of rotatable bonds is 5. The largest absolute Gasteiger partial charge is 0.416 e. The fourth-order valence-corrected chi connectivity index (χ4v) is 3.27. The number of alkyl halides is 3. The van der Waals surface area contributed by atoms with Crippen molar-refractivity contribution in [3.05, 3.63) is 65.5 Å². The molecule has 0 saturated carbocycles. The highest BCUT2D eigenvalue weighted by molar-refractivity contribution is 5.78. The average Bonchev–Trinajstić information content (AvgIpc) is 2.67. The zero-order chi connectivity index (χ0) is 19.3. The molecule has 1 aromatic carbocycles. The summed E-state index contributed by atoms with van der Waals surface area (Å²) in [4.78, 5) is 18.9. The molecule has 7 heteroatoms. The van der Waals surface area contributed by atoms with Crippen molar-refractivity contribution >= 4 is 5.91 Å². The number of halogens is 3. The Labute approximate surface area is 156 Å². The Bertz CT molecular complexity index is 757. The summed E-state index contributed by atoms with van der Waals surface area (Å²) in [6.07, 6.45) is -1.13. The number of amides is 1. The first kappa shape index (κ1) is 19.4. The van der Waals surface area contributed by atoms with E-state index in [1.165, 1.54) is 6.07 Å². The van der Waals surface area contributed by atoms with Gasteiger partial charge in [0.1, 0.15) is 0 Å². The molecular weight excluding hydrogens is 355 g/mol. The lowest BCUT2D eigenvalue weighted by atomic mass is 9.95. The maximum atomic E-state index is 12.8. The molecular formula is C20H22F3N3O. The number of carbonyl (C=O) groups excluding carboxylic acids is 1. The van der Waals surface area contributed by atoms with Crippen LogP contribution in [0, 0.1) is 5.92 Å². The van der Waals surface area contributed by atoms with E-state index in [0.717, 1.165) is 50.3 Å². The predicted octanol–water partition coefficient (Wildman–Crippen LogP) is 3.63. The molecule has 0 spiro atoms. The molecule has 1 amide bonds. The molecule has 0 aliphatic carbocycles. The van der Waals surface area contributed by atoms with Crippen LogP contribution in [0.1, 0.15) is 29.7 Å². The summed E-state index contributed by atoms with van der Waals surface area (Å²) in [5, 5.41) is 2.77. The number of carbonyl (C=O) groups is 1. The van der Waals surface area contributed by atoms with E-state index in [1.807, 2.05) is 18.2 Å². The average molecular weight is 377 g/mol. The van der Waals surface area contributed by atoms with Gasteiger partial charge in [-0.1, -0.05) is 18.2 Å². The molecule has 27 heavy (non-hydrogen) atoms. The number of pyridine rings is 1. The summed E-state index contributed by atoms with van der Waals surface area (Å²) in [5.41, 5.74) is 0.757. The topological polar surface area (TPSA) is 45.2 Å². The van der Waals surface area contributed by atoms with Gasteiger partial charge in [0.15, 0.2) is 0 Å². The second-order valence-corrected chi connectivity index (χ2v) is 6.79. The number of likely N-dealkylation sites (tertiary alicyclic amines) is 1. The second kappa shape index (κ2) is 8.52. The SMILES string of the molecule is O=C(NCc1cccc(C(F)(F)F)c1)C1CCN(Cc2ccccn2)CC1. The minimum atomic E-state index is -4.37. The summed E-state index contributed by atoms with van der Waals surface area (Å²) in [6.45, 7) is 2.48. The molecule has 0 atom stereocenters. The number of benzene rings is 1. The van der Waals surface area contributed by atoms with Gasteiger partial charge in [-0.25, -0.2) is 0 Å². The summed E-state index contributed by atoms with van der Waals surface area (Å²) < 4.78 is 38.3. The normalized spacial score (nSPS) is 16.3. The van der Waals surface area contributed by atoms with Gasteiger partial charge in [0.05, 0.1) is 11.3 Å². The van der Waals surface area contributed by atoms with Crippen molar-refractivity contribution in [3.8, 4) is 0 Å². The first-order chi connectivity index (χ1) is 12.9. The van der Waals surface area contributed by atoms with Crippen LogP contribution in [0.3, 0.4) is 0 Å². The molecule has 3 rings (SSSR count). The highest BCUT2D eigenvalue weighted by atomic mass is 19.4. The van der Waals surface area contributed by atoms with Crippen molar-refractivity contribution in [1.29, 1.82) is 0 Å². The molecule has 4 nitrogen and oxygen atoms in total. The lowest BCUT2D eigenvalue weighted by molar-refractivity contribution is -0.137. The first-order valence-corrected chi connectivity index (χ1v) is 8.98. The van der Waals surface area contributed by atoms with Gasteiger partial charge in [0, 0.05) is 25.2 Å². The van der Waals surface area contributed by atoms with Crippen molar-refractivity contribution in [3.63, 3.8) is 0 Å². The van der Waals surface area contributed by atoms with Gasteiger partial charge in [-0.15, -0.1) is 0 Å². The number of nitrogens with one attached hydrogen (secondary N) is 1. The molecule has 1 fully saturated rings. The molecule has 1 saturated heterocycles. The van der Waals surface area contributed by atoms with Crippen LogP contribution in [-0.4, -0.2) is 28.9 Å². The Hall–Kier alpha value is -2.41. The van der Waals surface area contributed by atoms with Gasteiger partial charge in [0.2, 0.25) is 5.91 Å². The van der Waals surface area contributed by atoms with Crippen molar-refractivity contribution in [2.45, 2.75) is 32.1 Å². The van der Waals surface area contributed by atoms with Crippen LogP contribution in [0.4, 0.5) is 13.2 Å². The van der Waals surface area contributed by atoms with E-state index in [2.05, 4.69) is 15.2 Å². The zero-order valence-corrected chi connectivity index (χ0v) is 14.9. The van der Waals surface area contributed by atoms with Gasteiger partial charge >= 0.3 is 6.18 Å². The smallest absolute Gasteiger partial charge is 0.352 e. The Balaban J connectivity index is 1.46. The maximum Gasteiger partial charge on any atom is 0.416 e. The Morgan fingerprint density at radius 3 is 2.59 bits per heavy atom. The van der Waals surface area contributed by atoms with Crippen molar-refractivity contribution in [2.75, 3.05) is 13.1 Å². The van der Waals surface area contributed by atoms with Gasteiger partial charge in [-0.05, 0) is 55.8 Å². The summed E-state index contributed by atoms with van der Waals surface area (Å²) in [7, 11) is 0. The lowest BCUT2D eigenvalue weighted by Crippen LogP contribution is -2.40. The number of aromatic nitrogens is 1. The zero-order valence-electron chi connectivity index (χ0n) is 14.9. The highest BCUT2D eigenvalue weighted by Gasteiger charge is 2.30. The molecule has 1 N–H and O–H groups in total. The summed E-state index contributed by atoms with van der Waals surface area (Å²) in [6, 6.07) is 10.9. The molecule has 0 radical (unpaired) electrons. The number of hydrogen-bond acceptors (Lipinski definition) is 3. The molecule has 0 bridgehead atoms. The van der Waals surface area contributed by atoms with Crippen molar-refractivity contribution in [1.82, 2.24) is 15.2 Å². The third-order valence-corrected chi connectivity index (χ3v) is 4.79. The number of hydrogen-bond donors (Lipinski definition) is 1.